The van der Waals surface area contributed by atoms with Crippen LogP contribution in [0.3, 0.4) is 0 Å². The third-order valence-corrected chi connectivity index (χ3v) is 10.3. The van der Waals surface area contributed by atoms with Crippen molar-refractivity contribution in [2.75, 3.05) is 58.6 Å². The van der Waals surface area contributed by atoms with E-state index in [1.165, 1.54) is 11.2 Å². The molecule has 0 bridgehead atoms. The van der Waals surface area contributed by atoms with Gasteiger partial charge in [-0.15, -0.1) is 11.2 Å². The van der Waals surface area contributed by atoms with Gasteiger partial charge in [-0.2, -0.15) is 0 Å². The number of hydrogen-bond donors (Lipinski definition) is 4. The van der Waals surface area contributed by atoms with Gasteiger partial charge in [0.2, 0.25) is 17.7 Å². The molecule has 49 heavy (non-hydrogen) atoms. The minimum atomic E-state index is -1.34. The van der Waals surface area contributed by atoms with Crippen molar-refractivity contribution in [2.24, 2.45) is 0 Å². The lowest BCUT2D eigenvalue weighted by molar-refractivity contribution is -0.209. The van der Waals surface area contributed by atoms with Crippen LogP contribution in [-0.4, -0.2) is 131 Å². The van der Waals surface area contributed by atoms with Gasteiger partial charge in [-0.1, -0.05) is 47.6 Å². The zero-order valence-corrected chi connectivity index (χ0v) is 29.4. The number of amides is 3. The van der Waals surface area contributed by atoms with Gasteiger partial charge in [-0.05, 0) is 66.8 Å². The van der Waals surface area contributed by atoms with Crippen LogP contribution in [0.1, 0.15) is 59.6 Å². The minimum Gasteiger partial charge on any atom is -0.387 e. The van der Waals surface area contributed by atoms with Crippen LogP contribution in [0, 0.1) is 12.1 Å². The Kier molecular flexibility index (Phi) is 13.2. The van der Waals surface area contributed by atoms with E-state index in [0.29, 0.717) is 52.0 Å². The van der Waals surface area contributed by atoms with Crippen molar-refractivity contribution in [2.45, 2.75) is 76.0 Å². The van der Waals surface area contributed by atoms with Crippen LogP contribution in [0.5, 0.6) is 0 Å². The molecule has 1 unspecified atom stereocenters. The smallest absolute Gasteiger partial charge is 0.242 e. The van der Waals surface area contributed by atoms with E-state index in [1.54, 1.807) is 11.2 Å². The summed E-state index contributed by atoms with van der Waals surface area (Å²) >= 11 is 1.27. The van der Waals surface area contributed by atoms with Crippen LogP contribution >= 0.6 is 11.2 Å². The molecule has 266 valence electrons. The van der Waals surface area contributed by atoms with Crippen molar-refractivity contribution >= 4 is 28.9 Å². The molecule has 5 atom stereocenters. The number of nitrogens with one attached hydrogen (secondary N) is 1. The Morgan fingerprint density at radius 2 is 1.55 bits per heavy atom. The fourth-order valence-corrected chi connectivity index (χ4v) is 7.14. The standard InChI is InChI=1S/C37H50N4O7S/c1-25-8-13-28(37-36(47)35(46)34(45)30(48-37)24-49-2)21-29(25)20-27-11-9-26(10-12-27)6-5-7-31(42)38-22-32(43)41-18-16-39(17-19-41)23-33(44)40-14-3-4-15-40/h8-13,21,30,34-37,45-47H,3-7,14-20,22-23H2,1-2H3,(H,38,42)/t30?,34-,35+,36-,37+/m1/s1. The number of nitrogens with zero attached hydrogens (tertiary/aromatic N) is 3. The number of piperazine rings is 1. The molecule has 3 fully saturated rings. The Bertz CT molecular complexity index is 1510. The zero-order valence-electron chi connectivity index (χ0n) is 28.6. The molecule has 3 heterocycles. The first-order valence-electron chi connectivity index (χ1n) is 17.3. The monoisotopic (exact) mass is 694 g/mol. The molecule has 4 N–H and O–H groups in total. The molecule has 0 spiro atoms. The van der Waals surface area contributed by atoms with E-state index >= 15 is 0 Å². The highest BCUT2D eigenvalue weighted by atomic mass is 32.1. The van der Waals surface area contributed by atoms with E-state index in [0.717, 1.165) is 60.2 Å². The predicted molar refractivity (Wildman–Crippen MR) is 188 cm³/mol. The lowest BCUT2D eigenvalue weighted by atomic mass is 9.89. The number of aryl methyl sites for hydroxylation is 2. The van der Waals surface area contributed by atoms with Gasteiger partial charge in [0.1, 0.15) is 30.5 Å². The number of hydrogen-bond acceptors (Lipinski definition) is 8. The Hall–Kier alpha value is -3.35. The summed E-state index contributed by atoms with van der Waals surface area (Å²) in [6, 6.07) is 14.1. The van der Waals surface area contributed by atoms with E-state index in [4.69, 9.17) is 4.74 Å². The predicted octanol–water partition coefficient (Wildman–Crippen LogP) is 1.64. The first kappa shape index (κ1) is 36.9. The molecule has 5 rings (SSSR count). The van der Waals surface area contributed by atoms with Gasteiger partial charge in [0, 0.05) is 51.9 Å². The van der Waals surface area contributed by atoms with E-state index in [2.05, 4.69) is 39.7 Å². The minimum absolute atomic E-state index is 0.00942. The number of likely N-dealkylation sites (tertiary alicyclic amines) is 1. The number of aliphatic hydroxyl groups is 3. The van der Waals surface area contributed by atoms with Gasteiger partial charge in [-0.3, -0.25) is 19.3 Å². The number of aliphatic hydroxyl groups excluding tert-OH is 3. The Morgan fingerprint density at radius 1 is 0.878 bits per heavy atom. The summed E-state index contributed by atoms with van der Waals surface area (Å²) in [4.78, 5) is 43.3. The summed E-state index contributed by atoms with van der Waals surface area (Å²) in [6.45, 7) is 6.58. The second kappa shape index (κ2) is 17.5. The van der Waals surface area contributed by atoms with Crippen molar-refractivity contribution in [1.82, 2.24) is 20.0 Å². The highest BCUT2D eigenvalue weighted by Crippen LogP contribution is 2.33. The number of rotatable bonds is 11. The van der Waals surface area contributed by atoms with Gasteiger partial charge < -0.3 is 35.2 Å². The molecule has 2 aromatic rings. The van der Waals surface area contributed by atoms with Crippen molar-refractivity contribution in [1.29, 1.82) is 0 Å². The summed E-state index contributed by atoms with van der Waals surface area (Å²) in [5.41, 5.74) is 5.12. The van der Waals surface area contributed by atoms with E-state index in [-0.39, 0.29) is 24.3 Å². The molecular formula is C37H50N4O7S. The van der Waals surface area contributed by atoms with E-state index in [9.17, 15) is 29.7 Å². The fourth-order valence-electron chi connectivity index (χ4n) is 6.71. The fraction of sp³-hybridized carbons (Fsp3) is 0.568. The lowest BCUT2D eigenvalue weighted by Crippen LogP contribution is -2.53. The van der Waals surface area contributed by atoms with Crippen LogP contribution < -0.4 is 5.32 Å². The highest BCUT2D eigenvalue weighted by molar-refractivity contribution is 7.87. The first-order valence-corrected chi connectivity index (χ1v) is 18.6. The number of carbonyl (C=O) groups excluding carboxylic acids is 3. The molecular weight excluding hydrogens is 644 g/mol. The maximum absolute atomic E-state index is 12.7. The molecule has 3 aliphatic rings. The molecule has 0 aliphatic carbocycles. The largest absolute Gasteiger partial charge is 0.387 e. The zero-order chi connectivity index (χ0) is 34.9. The summed E-state index contributed by atoms with van der Waals surface area (Å²) in [5.74, 6) is -0.0565. The van der Waals surface area contributed by atoms with Gasteiger partial charge in [0.05, 0.1) is 13.1 Å². The molecule has 2 aromatic carbocycles. The van der Waals surface area contributed by atoms with Crippen LogP contribution in [0.2, 0.25) is 0 Å². The van der Waals surface area contributed by atoms with Crippen molar-refractivity contribution < 1.29 is 34.4 Å². The van der Waals surface area contributed by atoms with Crippen LogP contribution in [-0.2, 0) is 32.0 Å². The molecule has 3 saturated heterocycles. The summed E-state index contributed by atoms with van der Waals surface area (Å²) in [5, 5.41) is 37.1. The Labute approximate surface area is 292 Å². The van der Waals surface area contributed by atoms with Crippen LogP contribution in [0.25, 0.3) is 0 Å². The summed E-state index contributed by atoms with van der Waals surface area (Å²) in [7, 11) is 0. The molecule has 3 amide bonds. The Morgan fingerprint density at radius 3 is 2.24 bits per heavy atom. The second-order valence-corrected chi connectivity index (χ2v) is 14.0. The summed E-state index contributed by atoms with van der Waals surface area (Å²) < 4.78 is 5.95. The third-order valence-electron chi connectivity index (χ3n) is 9.82. The van der Waals surface area contributed by atoms with Gasteiger partial charge in [0.25, 0.3) is 0 Å². The third kappa shape index (κ3) is 9.88. The average molecular weight is 695 g/mol. The normalized spacial score (nSPS) is 24.4. The molecule has 3 aliphatic heterocycles. The van der Waals surface area contributed by atoms with Gasteiger partial charge in [-0.25, -0.2) is 0 Å². The van der Waals surface area contributed by atoms with Gasteiger partial charge >= 0.3 is 0 Å². The molecule has 0 saturated carbocycles. The maximum atomic E-state index is 12.7. The first-order chi connectivity index (χ1) is 23.6. The lowest BCUT2D eigenvalue weighted by Gasteiger charge is -2.39. The molecule has 11 nitrogen and oxygen atoms in total. The van der Waals surface area contributed by atoms with E-state index in [1.807, 2.05) is 30.0 Å². The molecule has 0 aromatic heterocycles. The topological polar surface area (TPSA) is 143 Å². The van der Waals surface area contributed by atoms with E-state index < -0.39 is 30.5 Å². The molecule has 0 radical (unpaired) electrons. The SMILES string of the molecule is CS#CC1O[C@@H](c2ccc(C)c(Cc3ccc(CCCC(=O)NCC(=O)N4CCN(CC(=O)N5CCCC5)CC4)cc3)c2)[C@H](O)[C@@H](O)[C@@H]1O. The highest BCUT2D eigenvalue weighted by Gasteiger charge is 2.43. The van der Waals surface area contributed by atoms with Crippen LogP contribution in [0.4, 0.5) is 0 Å². The van der Waals surface area contributed by atoms with Crippen molar-refractivity contribution in [3.05, 3.63) is 70.3 Å². The quantitative estimate of drug-likeness (QED) is 0.278. The maximum Gasteiger partial charge on any atom is 0.242 e. The van der Waals surface area contributed by atoms with Crippen LogP contribution in [0.15, 0.2) is 42.5 Å². The average Bonchev–Trinajstić information content (AvgIpc) is 3.65. The number of ether oxygens (including phenoxy) is 1. The number of benzene rings is 2. The molecule has 12 heteroatoms. The van der Waals surface area contributed by atoms with Crippen molar-refractivity contribution in [3.8, 4) is 5.18 Å². The number of carbonyl (C=O) groups is 3. The van der Waals surface area contributed by atoms with Gasteiger partial charge in [0.15, 0.2) is 0 Å². The summed E-state index contributed by atoms with van der Waals surface area (Å²) in [6.07, 6.45) is 0.896. The Balaban J connectivity index is 1.02. The second-order valence-electron chi connectivity index (χ2n) is 13.3. The van der Waals surface area contributed by atoms with Crippen molar-refractivity contribution in [3.63, 3.8) is 0 Å².